The molecule has 2 heterocycles. The number of hydrogen-bond acceptors (Lipinski definition) is 3. The lowest BCUT2D eigenvalue weighted by atomic mass is 10.1. The van der Waals surface area contributed by atoms with Crippen molar-refractivity contribution in [2.45, 2.75) is 6.54 Å². The molecule has 3 N–H and O–H groups in total. The van der Waals surface area contributed by atoms with E-state index in [4.69, 9.17) is 10.5 Å². The SMILES string of the molecule is Nc1cccc2c(CN3CCOCC3)c[nH]c12. The number of nitrogen functional groups attached to an aromatic ring is 1. The Kier molecular flexibility index (Phi) is 2.74. The maximum absolute atomic E-state index is 5.94. The van der Waals surface area contributed by atoms with E-state index in [9.17, 15) is 0 Å². The van der Waals surface area contributed by atoms with E-state index < -0.39 is 0 Å². The highest BCUT2D eigenvalue weighted by Crippen LogP contribution is 2.24. The van der Waals surface area contributed by atoms with Crippen LogP contribution in [0.5, 0.6) is 0 Å². The molecule has 0 radical (unpaired) electrons. The quantitative estimate of drug-likeness (QED) is 0.772. The molecule has 4 nitrogen and oxygen atoms in total. The van der Waals surface area contributed by atoms with Gasteiger partial charge in [0.2, 0.25) is 0 Å². The van der Waals surface area contributed by atoms with Crippen LogP contribution in [0.25, 0.3) is 10.9 Å². The molecule has 1 aromatic heterocycles. The summed E-state index contributed by atoms with van der Waals surface area (Å²) >= 11 is 0. The number of H-pyrrole nitrogens is 1. The van der Waals surface area contributed by atoms with Gasteiger partial charge in [0.25, 0.3) is 0 Å². The lowest BCUT2D eigenvalue weighted by molar-refractivity contribution is 0.0343. The van der Waals surface area contributed by atoms with Gasteiger partial charge in [-0.15, -0.1) is 0 Å². The van der Waals surface area contributed by atoms with Crippen LogP contribution in [-0.4, -0.2) is 36.2 Å². The fraction of sp³-hybridized carbons (Fsp3) is 0.385. The maximum Gasteiger partial charge on any atom is 0.0690 e. The number of nitrogens with two attached hydrogens (primary N) is 1. The molecule has 0 bridgehead atoms. The van der Waals surface area contributed by atoms with E-state index in [1.165, 1.54) is 10.9 Å². The van der Waals surface area contributed by atoms with Crippen LogP contribution < -0.4 is 5.73 Å². The topological polar surface area (TPSA) is 54.3 Å². The van der Waals surface area contributed by atoms with Crippen molar-refractivity contribution in [2.75, 3.05) is 32.0 Å². The zero-order valence-corrected chi connectivity index (χ0v) is 9.78. The summed E-state index contributed by atoms with van der Waals surface area (Å²) in [5, 5.41) is 1.23. The Bertz CT molecular complexity index is 514. The molecule has 4 heteroatoms. The number of nitrogens with one attached hydrogen (secondary N) is 1. The summed E-state index contributed by atoms with van der Waals surface area (Å²) in [6.45, 7) is 4.66. The summed E-state index contributed by atoms with van der Waals surface area (Å²) in [6.07, 6.45) is 2.07. The van der Waals surface area contributed by atoms with Crippen molar-refractivity contribution in [1.29, 1.82) is 0 Å². The zero-order chi connectivity index (χ0) is 11.7. The van der Waals surface area contributed by atoms with Gasteiger partial charge in [0.15, 0.2) is 0 Å². The van der Waals surface area contributed by atoms with Gasteiger partial charge < -0.3 is 15.5 Å². The van der Waals surface area contributed by atoms with Crippen molar-refractivity contribution < 1.29 is 4.74 Å². The predicted octanol–water partition coefficient (Wildman–Crippen LogP) is 1.58. The highest BCUT2D eigenvalue weighted by molar-refractivity contribution is 5.92. The smallest absolute Gasteiger partial charge is 0.0690 e. The minimum atomic E-state index is 0.815. The van der Waals surface area contributed by atoms with Gasteiger partial charge in [-0.1, -0.05) is 12.1 Å². The summed E-state index contributed by atoms with van der Waals surface area (Å²) < 4.78 is 5.36. The van der Waals surface area contributed by atoms with Gasteiger partial charge in [0, 0.05) is 31.2 Å². The van der Waals surface area contributed by atoms with Crippen molar-refractivity contribution in [3.8, 4) is 0 Å². The molecular formula is C13H17N3O. The summed E-state index contributed by atoms with van der Waals surface area (Å²) in [5.74, 6) is 0. The molecule has 0 saturated carbocycles. The van der Waals surface area contributed by atoms with Crippen molar-refractivity contribution in [3.05, 3.63) is 30.0 Å². The molecule has 1 aromatic carbocycles. The zero-order valence-electron chi connectivity index (χ0n) is 9.78. The van der Waals surface area contributed by atoms with Gasteiger partial charge in [-0.2, -0.15) is 0 Å². The maximum atomic E-state index is 5.94. The number of ether oxygens (including phenoxy) is 1. The Morgan fingerprint density at radius 2 is 2.12 bits per heavy atom. The molecule has 1 aliphatic rings. The Morgan fingerprint density at radius 3 is 2.94 bits per heavy atom. The monoisotopic (exact) mass is 231 g/mol. The Balaban J connectivity index is 1.87. The van der Waals surface area contributed by atoms with Crippen LogP contribution in [0, 0.1) is 0 Å². The second-order valence-electron chi connectivity index (χ2n) is 4.47. The third-order valence-electron chi connectivity index (χ3n) is 3.33. The number of rotatable bonds is 2. The summed E-state index contributed by atoms with van der Waals surface area (Å²) in [5.41, 5.74) is 9.12. The van der Waals surface area contributed by atoms with Crippen LogP contribution in [-0.2, 0) is 11.3 Å². The van der Waals surface area contributed by atoms with Gasteiger partial charge in [-0.3, -0.25) is 4.90 Å². The molecule has 1 aliphatic heterocycles. The average Bonchev–Trinajstić information content (AvgIpc) is 2.76. The Morgan fingerprint density at radius 1 is 1.29 bits per heavy atom. The van der Waals surface area contributed by atoms with Crippen LogP contribution in [0.2, 0.25) is 0 Å². The second kappa shape index (κ2) is 4.39. The first-order valence-corrected chi connectivity index (χ1v) is 5.99. The number of anilines is 1. The number of fused-ring (bicyclic) bond motifs is 1. The second-order valence-corrected chi connectivity index (χ2v) is 4.47. The molecular weight excluding hydrogens is 214 g/mol. The van der Waals surface area contributed by atoms with Crippen molar-refractivity contribution in [2.24, 2.45) is 0 Å². The number of morpholine rings is 1. The molecule has 1 fully saturated rings. The average molecular weight is 231 g/mol. The van der Waals surface area contributed by atoms with E-state index in [0.717, 1.165) is 44.1 Å². The van der Waals surface area contributed by atoms with E-state index in [0.29, 0.717) is 0 Å². The molecule has 0 spiro atoms. The minimum Gasteiger partial charge on any atom is -0.397 e. The first-order chi connectivity index (χ1) is 8.34. The van der Waals surface area contributed by atoms with Crippen LogP contribution in [0.1, 0.15) is 5.56 Å². The molecule has 0 aliphatic carbocycles. The lowest BCUT2D eigenvalue weighted by Gasteiger charge is -2.26. The van der Waals surface area contributed by atoms with Gasteiger partial charge in [0.05, 0.1) is 24.4 Å². The molecule has 0 atom stereocenters. The van der Waals surface area contributed by atoms with E-state index in [1.54, 1.807) is 0 Å². The first kappa shape index (κ1) is 10.6. The molecule has 2 aromatic rings. The van der Waals surface area contributed by atoms with Gasteiger partial charge in [-0.25, -0.2) is 0 Å². The minimum absolute atomic E-state index is 0.815. The normalized spacial score (nSPS) is 17.6. The lowest BCUT2D eigenvalue weighted by Crippen LogP contribution is -2.35. The standard InChI is InChI=1S/C13H17N3O/c14-12-3-1-2-11-10(8-15-13(11)12)9-16-4-6-17-7-5-16/h1-3,8,15H,4-7,9,14H2. The largest absolute Gasteiger partial charge is 0.397 e. The van der Waals surface area contributed by atoms with Crippen LogP contribution in [0.15, 0.2) is 24.4 Å². The van der Waals surface area contributed by atoms with E-state index in [-0.39, 0.29) is 0 Å². The number of para-hydroxylation sites is 1. The number of nitrogens with zero attached hydrogens (tertiary/aromatic N) is 1. The van der Waals surface area contributed by atoms with Crippen LogP contribution in [0.3, 0.4) is 0 Å². The summed E-state index contributed by atoms with van der Waals surface area (Å²) in [6, 6.07) is 6.06. The van der Waals surface area contributed by atoms with Crippen molar-refractivity contribution in [1.82, 2.24) is 9.88 Å². The fourth-order valence-electron chi connectivity index (χ4n) is 2.37. The summed E-state index contributed by atoms with van der Waals surface area (Å²) in [4.78, 5) is 5.68. The molecule has 3 rings (SSSR count). The fourth-order valence-corrected chi connectivity index (χ4v) is 2.37. The molecule has 0 unspecified atom stereocenters. The van der Waals surface area contributed by atoms with E-state index in [1.807, 2.05) is 12.1 Å². The van der Waals surface area contributed by atoms with E-state index in [2.05, 4.69) is 22.1 Å². The number of benzene rings is 1. The van der Waals surface area contributed by atoms with E-state index >= 15 is 0 Å². The van der Waals surface area contributed by atoms with Gasteiger partial charge in [-0.05, 0) is 11.6 Å². The van der Waals surface area contributed by atoms with Crippen molar-refractivity contribution >= 4 is 16.6 Å². The summed E-state index contributed by atoms with van der Waals surface area (Å²) in [7, 11) is 0. The highest BCUT2D eigenvalue weighted by atomic mass is 16.5. The van der Waals surface area contributed by atoms with Crippen LogP contribution in [0.4, 0.5) is 5.69 Å². The number of hydrogen-bond donors (Lipinski definition) is 2. The number of aromatic amines is 1. The third kappa shape index (κ3) is 2.01. The third-order valence-corrected chi connectivity index (χ3v) is 3.33. The van der Waals surface area contributed by atoms with Crippen LogP contribution >= 0.6 is 0 Å². The number of aromatic nitrogens is 1. The molecule has 17 heavy (non-hydrogen) atoms. The van der Waals surface area contributed by atoms with Crippen molar-refractivity contribution in [3.63, 3.8) is 0 Å². The highest BCUT2D eigenvalue weighted by Gasteiger charge is 2.13. The molecule has 1 saturated heterocycles. The Labute approximate surface area is 100 Å². The first-order valence-electron chi connectivity index (χ1n) is 5.99. The Hall–Kier alpha value is -1.52. The molecule has 90 valence electrons. The predicted molar refractivity (Wildman–Crippen MR) is 68.8 cm³/mol. The molecule has 0 amide bonds. The van der Waals surface area contributed by atoms with Gasteiger partial charge >= 0.3 is 0 Å². The van der Waals surface area contributed by atoms with Gasteiger partial charge in [0.1, 0.15) is 0 Å².